The molecule has 0 N–H and O–H groups in total. The monoisotopic (exact) mass is 1210 g/mol. The highest BCUT2D eigenvalue weighted by Gasteiger charge is 2.47. The lowest BCUT2D eigenvalue weighted by molar-refractivity contribution is -0.664. The topological polar surface area (TPSA) is 20.9 Å². The van der Waals surface area contributed by atoms with Gasteiger partial charge in [0.1, 0.15) is 6.15 Å². The predicted octanol–water partition coefficient (Wildman–Crippen LogP) is 16.3. The lowest BCUT2D eigenvalue weighted by Crippen LogP contribution is -2.75. The van der Waals surface area contributed by atoms with Crippen LogP contribution in [-0.4, -0.2) is 11.9 Å². The van der Waals surface area contributed by atoms with Crippen molar-refractivity contribution in [2.45, 2.75) is 56.0 Å². The van der Waals surface area contributed by atoms with E-state index in [0.717, 1.165) is 16.5 Å². The number of aromatic nitrogens is 1. The summed E-state index contributed by atoms with van der Waals surface area (Å²) in [6.45, 7) is 0.655. The van der Waals surface area contributed by atoms with E-state index in [2.05, 4.69) is 28.8 Å². The van der Waals surface area contributed by atoms with E-state index in [-0.39, 0.29) is 5.78 Å². The summed E-state index contributed by atoms with van der Waals surface area (Å²) in [5.41, 5.74) is -26.3. The summed E-state index contributed by atoms with van der Waals surface area (Å²) < 4.78 is 343. The van der Waals surface area contributed by atoms with E-state index in [1.54, 1.807) is 6.08 Å². The number of pyridine rings is 1. The molecule has 0 unspecified atom stereocenters. The van der Waals surface area contributed by atoms with Gasteiger partial charge in [0.25, 0.3) is 5.69 Å². The Morgan fingerprint density at radius 3 is 0.940 bits per heavy atom. The number of allylic oxidation sites excluding steroid dienone is 1. The first-order valence-electron chi connectivity index (χ1n) is 23.7. The minimum Gasteiger partial charge on any atom is -0.282 e. The average molecular weight is 1210 g/mol. The second-order valence-corrected chi connectivity index (χ2v) is 18.7. The Bertz CT molecular complexity index is 3280. The van der Waals surface area contributed by atoms with E-state index in [1.807, 2.05) is 78.9 Å². The molecular formula is C57H32BF24NO. The highest BCUT2D eigenvalue weighted by Crippen LogP contribution is 2.41. The van der Waals surface area contributed by atoms with Crippen LogP contribution >= 0.6 is 0 Å². The Balaban J connectivity index is 0.000000309. The molecular weight excluding hydrogens is 1180 g/mol. The molecule has 84 heavy (non-hydrogen) atoms. The van der Waals surface area contributed by atoms with E-state index >= 15 is 0 Å². The molecule has 0 aliphatic heterocycles. The quantitative estimate of drug-likeness (QED) is 0.0464. The third kappa shape index (κ3) is 14.4. The maximum absolute atomic E-state index is 14.2. The summed E-state index contributed by atoms with van der Waals surface area (Å²) in [6.07, 6.45) is -51.3. The van der Waals surface area contributed by atoms with Gasteiger partial charge in [0, 0.05) is 23.1 Å². The normalized spacial score (nSPS) is 13.3. The molecule has 1 aromatic heterocycles. The Hall–Kier alpha value is -8.26. The summed E-state index contributed by atoms with van der Waals surface area (Å²) in [5.74, 6) is 0.000497. The molecule has 0 amide bonds. The smallest absolute Gasteiger partial charge is 0.282 e. The summed E-state index contributed by atoms with van der Waals surface area (Å²) in [7, 11) is 0. The number of benzene rings is 7. The predicted molar refractivity (Wildman–Crippen MR) is 260 cm³/mol. The second kappa shape index (κ2) is 22.7. The summed E-state index contributed by atoms with van der Waals surface area (Å²) in [4.78, 5) is 13.0. The minimum absolute atomic E-state index is 0.000497. The average Bonchev–Trinajstić information content (AvgIpc) is 1.04. The van der Waals surface area contributed by atoms with Crippen molar-refractivity contribution in [2.75, 3.05) is 0 Å². The fourth-order valence-corrected chi connectivity index (χ4v) is 9.31. The molecule has 0 saturated carbocycles. The Labute approximate surface area is 457 Å². The van der Waals surface area contributed by atoms with Gasteiger partial charge in [-0.1, -0.05) is 127 Å². The molecule has 8 rings (SSSR count). The molecule has 7 aromatic carbocycles. The Morgan fingerprint density at radius 2 is 0.631 bits per heavy atom. The van der Waals surface area contributed by atoms with E-state index in [0.29, 0.717) is 12.2 Å². The minimum atomic E-state index is -6.13. The number of alkyl halides is 24. The van der Waals surface area contributed by atoms with E-state index in [9.17, 15) is 110 Å². The number of rotatable bonds is 9. The largest absolute Gasteiger partial charge is 0.416 e. The molecule has 0 aliphatic carbocycles. The van der Waals surface area contributed by atoms with Gasteiger partial charge in [0.15, 0.2) is 6.54 Å². The van der Waals surface area contributed by atoms with Gasteiger partial charge in [-0.2, -0.15) is 132 Å². The maximum Gasteiger partial charge on any atom is 0.416 e. The zero-order chi connectivity index (χ0) is 62.4. The number of fused-ring (bicyclic) bond motifs is 1. The first-order chi connectivity index (χ1) is 38.6. The van der Waals surface area contributed by atoms with Gasteiger partial charge in [-0.05, 0) is 48.0 Å². The molecule has 0 fully saturated rings. The number of hydrogen-bond donors (Lipinski definition) is 0. The molecule has 0 atom stereocenters. The van der Waals surface area contributed by atoms with Crippen LogP contribution in [-0.2, 0) is 56.0 Å². The zero-order valence-electron chi connectivity index (χ0n) is 41.5. The van der Waals surface area contributed by atoms with Crippen molar-refractivity contribution in [3.8, 4) is 0 Å². The van der Waals surface area contributed by atoms with Crippen LogP contribution in [0.3, 0.4) is 0 Å². The van der Waals surface area contributed by atoms with E-state index in [1.165, 1.54) is 5.56 Å². The number of carbonyl (C=O) groups is 1. The van der Waals surface area contributed by atoms with Crippen molar-refractivity contribution < 1.29 is 115 Å². The Kier molecular flexibility index (Phi) is 17.1. The van der Waals surface area contributed by atoms with Crippen molar-refractivity contribution in [1.82, 2.24) is 0 Å². The molecule has 2 nitrogen and oxygen atoms in total. The highest BCUT2D eigenvalue weighted by atomic mass is 19.4. The molecule has 0 saturated heterocycles. The van der Waals surface area contributed by atoms with Gasteiger partial charge in [-0.15, -0.1) is 0 Å². The van der Waals surface area contributed by atoms with Crippen molar-refractivity contribution in [3.63, 3.8) is 0 Å². The van der Waals surface area contributed by atoms with Crippen molar-refractivity contribution in [1.29, 1.82) is 0 Å². The van der Waals surface area contributed by atoms with E-state index < -0.39 is 195 Å². The third-order valence-electron chi connectivity index (χ3n) is 13.0. The molecule has 27 heteroatoms. The molecule has 0 radical (unpaired) electrons. The molecule has 442 valence electrons. The molecule has 0 spiro atoms. The van der Waals surface area contributed by atoms with Crippen LogP contribution in [0.1, 0.15) is 66.1 Å². The second-order valence-electron chi connectivity index (χ2n) is 18.7. The number of nitrogens with zero attached hydrogens (tertiary/aromatic N) is 1. The number of hydrogen-bond acceptors (Lipinski definition) is 1. The number of para-hydroxylation sites is 1. The van der Waals surface area contributed by atoms with Crippen LogP contribution in [0.25, 0.3) is 17.0 Å². The van der Waals surface area contributed by atoms with Gasteiger partial charge < -0.3 is 0 Å². The number of carbonyl (C=O) groups excluding carboxylic acids is 1. The summed E-state index contributed by atoms with van der Waals surface area (Å²) >= 11 is 0. The standard InChI is InChI=1S/C32H12BF24.C25H20NO/c34-25(35,36)13-1-14(26(37,38)39)6-21(5-13)33(22-7-15(27(40,41)42)2-16(8-22)28(43,44)45,23-9-17(29(46,47)48)3-18(10-23)30(49,50)51)24-11-19(31(52,53)54)4-20(12-24)32(55,56)57;27-25(18-15-20-9-3-1-4-10-20)24-17-16-22-13-7-8-14-23(22)26(24)19-21-11-5-2-6-12-21/h1-12H;1-18H,19H2/q-1;+1. The first-order valence-corrected chi connectivity index (χ1v) is 23.7. The maximum atomic E-state index is 14.2. The highest BCUT2D eigenvalue weighted by molar-refractivity contribution is 7.20. The van der Waals surface area contributed by atoms with Crippen LogP contribution in [0.4, 0.5) is 105 Å². The number of halogens is 24. The summed E-state index contributed by atoms with van der Waals surface area (Å²) in [6, 6.07) is 23.4. The fraction of sp³-hybridized carbons (Fsp3) is 0.158. The Morgan fingerprint density at radius 1 is 0.345 bits per heavy atom. The lowest BCUT2D eigenvalue weighted by atomic mass is 9.12. The van der Waals surface area contributed by atoms with Crippen LogP contribution in [0.15, 0.2) is 176 Å². The fourth-order valence-electron chi connectivity index (χ4n) is 9.31. The van der Waals surface area contributed by atoms with Crippen LogP contribution in [0.5, 0.6) is 0 Å². The zero-order valence-corrected chi connectivity index (χ0v) is 41.5. The summed E-state index contributed by atoms with van der Waals surface area (Å²) in [5, 5.41) is 1.12. The molecule has 1 heterocycles. The van der Waals surface area contributed by atoms with Crippen LogP contribution in [0.2, 0.25) is 0 Å². The van der Waals surface area contributed by atoms with Gasteiger partial charge >= 0.3 is 49.4 Å². The lowest BCUT2D eigenvalue weighted by Gasteiger charge is -2.46. The third-order valence-corrected chi connectivity index (χ3v) is 13.0. The van der Waals surface area contributed by atoms with Gasteiger partial charge in [-0.3, -0.25) is 4.79 Å². The van der Waals surface area contributed by atoms with Gasteiger partial charge in [-0.25, -0.2) is 0 Å². The molecule has 0 bridgehead atoms. The van der Waals surface area contributed by atoms with Crippen LogP contribution in [0, 0.1) is 0 Å². The van der Waals surface area contributed by atoms with Crippen molar-refractivity contribution in [3.05, 3.63) is 237 Å². The first kappa shape index (κ1) is 63.3. The van der Waals surface area contributed by atoms with Crippen molar-refractivity contribution in [2.24, 2.45) is 0 Å². The van der Waals surface area contributed by atoms with Crippen LogP contribution < -0.4 is 26.4 Å². The van der Waals surface area contributed by atoms with E-state index in [4.69, 9.17) is 0 Å². The van der Waals surface area contributed by atoms with Crippen molar-refractivity contribution >= 4 is 50.8 Å². The molecule has 8 aromatic rings. The van der Waals surface area contributed by atoms with Gasteiger partial charge in [0.05, 0.1) is 44.5 Å². The van der Waals surface area contributed by atoms with Gasteiger partial charge in [0.2, 0.25) is 11.3 Å². The molecule has 0 aliphatic rings. The SMILES string of the molecule is FC(F)(F)c1cc([B-](c2cc(C(F)(F)F)cc(C(F)(F)F)c2)(c2cc(C(F)(F)F)cc(C(F)(F)F)c2)c2cc(C(F)(F)F)cc(C(F)(F)F)c2)cc(C(F)(F)F)c1.O=C(C=Cc1ccccc1)c1ccc2ccccc2[n+]1Cc1ccccc1. The number of ketones is 1.